The predicted octanol–water partition coefficient (Wildman–Crippen LogP) is -0.944. The van der Waals surface area contributed by atoms with Crippen LogP contribution >= 0.6 is 0 Å². The van der Waals surface area contributed by atoms with E-state index in [1.54, 1.807) is 0 Å². The number of benzene rings is 1. The minimum Gasteiger partial charge on any atom is -0.550 e. The number of carboxylic acids is 1. The van der Waals surface area contributed by atoms with Gasteiger partial charge in [-0.25, -0.2) is 0 Å². The molecule has 132 valence electrons. The van der Waals surface area contributed by atoms with Crippen molar-refractivity contribution < 1.29 is 44.2 Å². The van der Waals surface area contributed by atoms with E-state index in [0.29, 0.717) is 31.4 Å². The summed E-state index contributed by atoms with van der Waals surface area (Å²) in [6.07, 6.45) is 4.23. The summed E-state index contributed by atoms with van der Waals surface area (Å²) in [4.78, 5) is 10.9. The first-order valence-electron chi connectivity index (χ1n) is 9.12. The number of hydrogen-bond acceptors (Lipinski definition) is 4. The molecule has 4 nitrogen and oxygen atoms in total. The number of carbonyl (C=O) groups is 1. The topological polar surface area (TPSA) is 61.4 Å². The minimum atomic E-state index is -0.930. The monoisotopic (exact) mass is 353 g/mol. The average Bonchev–Trinajstić information content (AvgIpc) is 2.51. The molecule has 3 rings (SSSR count). The fourth-order valence-electron chi connectivity index (χ4n) is 4.02. The van der Waals surface area contributed by atoms with Crippen molar-refractivity contribution in [3.63, 3.8) is 0 Å². The Labute approximate surface area is 173 Å². The van der Waals surface area contributed by atoms with Gasteiger partial charge in [-0.2, -0.15) is 0 Å². The molecule has 1 aliphatic heterocycles. The number of nitrogens with one attached hydrogen (secondary N) is 1. The zero-order chi connectivity index (χ0) is 17.2. The van der Waals surface area contributed by atoms with E-state index in [-0.39, 0.29) is 41.1 Å². The van der Waals surface area contributed by atoms with Crippen molar-refractivity contribution >= 4 is 5.97 Å². The van der Waals surface area contributed by atoms with Gasteiger partial charge in [0.15, 0.2) is 0 Å². The van der Waals surface area contributed by atoms with Crippen molar-refractivity contribution in [1.29, 1.82) is 0 Å². The van der Waals surface area contributed by atoms with Gasteiger partial charge >= 0.3 is 29.6 Å². The van der Waals surface area contributed by atoms with E-state index in [0.717, 1.165) is 25.8 Å². The van der Waals surface area contributed by atoms with Crippen LogP contribution < -0.4 is 40.0 Å². The van der Waals surface area contributed by atoms with Crippen LogP contribution in [0.3, 0.4) is 0 Å². The Morgan fingerprint density at radius 2 is 1.88 bits per heavy atom. The molecular formula is C20H28NNaO3. The van der Waals surface area contributed by atoms with Crippen LogP contribution in [0.4, 0.5) is 0 Å². The Balaban J connectivity index is 0.00000225. The average molecular weight is 353 g/mol. The van der Waals surface area contributed by atoms with Crippen LogP contribution in [0.1, 0.15) is 50.7 Å². The van der Waals surface area contributed by atoms with Crippen LogP contribution in [-0.4, -0.2) is 24.2 Å². The van der Waals surface area contributed by atoms with Crippen molar-refractivity contribution in [2.24, 2.45) is 11.8 Å². The van der Waals surface area contributed by atoms with Crippen LogP contribution in [0.15, 0.2) is 24.3 Å². The van der Waals surface area contributed by atoms with Gasteiger partial charge in [-0.05, 0) is 49.1 Å². The Kier molecular flexibility index (Phi) is 7.53. The number of rotatable bonds is 6. The van der Waals surface area contributed by atoms with Crippen molar-refractivity contribution in [3.8, 4) is 0 Å². The Hall–Kier alpha value is -0.390. The first kappa shape index (κ1) is 20.9. The smallest absolute Gasteiger partial charge is 0.550 e. The third-order valence-corrected chi connectivity index (χ3v) is 5.32. The summed E-state index contributed by atoms with van der Waals surface area (Å²) < 4.78 is 5.89. The van der Waals surface area contributed by atoms with E-state index in [1.807, 2.05) is 0 Å². The number of ether oxygens (including phenoxy) is 1. The van der Waals surface area contributed by atoms with Crippen molar-refractivity contribution in [2.75, 3.05) is 6.61 Å². The van der Waals surface area contributed by atoms with Crippen molar-refractivity contribution in [1.82, 2.24) is 5.32 Å². The molecule has 5 heteroatoms. The number of carbonyl (C=O) groups excluding carboxylic acids is 1. The van der Waals surface area contributed by atoms with Gasteiger partial charge in [0.2, 0.25) is 0 Å². The summed E-state index contributed by atoms with van der Waals surface area (Å²) in [5.41, 5.74) is 2.47. The third-order valence-electron chi connectivity index (χ3n) is 5.32. The molecule has 1 N–H and O–H groups in total. The summed E-state index contributed by atoms with van der Waals surface area (Å²) in [6.45, 7) is 6.04. The molecule has 0 aromatic heterocycles. The van der Waals surface area contributed by atoms with E-state index in [2.05, 4.69) is 43.4 Å². The zero-order valence-corrected chi connectivity index (χ0v) is 17.7. The third kappa shape index (κ3) is 5.54. The SMILES string of the molecule is CC(C)Cc1ccc(CNC2CCOC3(C2)CC(C(=O)[O-])C3)cc1.[Na+]. The molecule has 0 bridgehead atoms. The van der Waals surface area contributed by atoms with E-state index in [1.165, 1.54) is 11.1 Å². The van der Waals surface area contributed by atoms with Gasteiger partial charge in [-0.3, -0.25) is 0 Å². The molecule has 1 heterocycles. The molecule has 1 spiro atoms. The van der Waals surface area contributed by atoms with Gasteiger partial charge in [0.25, 0.3) is 0 Å². The molecule has 1 aromatic rings. The quantitative estimate of drug-likeness (QED) is 0.671. The summed E-state index contributed by atoms with van der Waals surface area (Å²) >= 11 is 0. The summed E-state index contributed by atoms with van der Waals surface area (Å²) in [6, 6.07) is 9.25. The van der Waals surface area contributed by atoms with Crippen LogP contribution in [0.25, 0.3) is 0 Å². The number of carboxylic acid groups (broad SMARTS) is 1. The van der Waals surface area contributed by atoms with Gasteiger partial charge in [0, 0.05) is 31.1 Å². The Morgan fingerprint density at radius 1 is 1.24 bits per heavy atom. The Morgan fingerprint density at radius 3 is 2.48 bits per heavy atom. The molecule has 25 heavy (non-hydrogen) atoms. The molecule has 2 fully saturated rings. The maximum absolute atomic E-state index is 10.9. The summed E-state index contributed by atoms with van der Waals surface area (Å²) in [5.74, 6) is -0.572. The van der Waals surface area contributed by atoms with Gasteiger partial charge in [-0.15, -0.1) is 0 Å². The molecule has 1 saturated heterocycles. The van der Waals surface area contributed by atoms with Crippen LogP contribution in [-0.2, 0) is 22.5 Å². The van der Waals surface area contributed by atoms with Gasteiger partial charge in [-0.1, -0.05) is 38.1 Å². The largest absolute Gasteiger partial charge is 1.00 e. The second kappa shape index (κ2) is 9.01. The normalized spacial score (nSPS) is 28.4. The predicted molar refractivity (Wildman–Crippen MR) is 91.3 cm³/mol. The maximum Gasteiger partial charge on any atom is 1.00 e. The Bertz CT molecular complexity index is 567. The first-order chi connectivity index (χ1) is 11.5. The molecule has 1 atom stereocenters. The second-order valence-electron chi connectivity index (χ2n) is 7.94. The van der Waals surface area contributed by atoms with E-state index >= 15 is 0 Å². The van der Waals surface area contributed by atoms with E-state index in [9.17, 15) is 9.90 Å². The zero-order valence-electron chi connectivity index (χ0n) is 15.7. The summed E-state index contributed by atoms with van der Waals surface area (Å²) in [7, 11) is 0. The molecule has 1 saturated carbocycles. The van der Waals surface area contributed by atoms with Gasteiger partial charge < -0.3 is 20.0 Å². The maximum atomic E-state index is 10.9. The molecular weight excluding hydrogens is 325 g/mol. The molecule has 0 radical (unpaired) electrons. The van der Waals surface area contributed by atoms with Crippen LogP contribution in [0, 0.1) is 11.8 Å². The molecule has 0 amide bonds. The molecule has 1 aliphatic carbocycles. The van der Waals surface area contributed by atoms with E-state index < -0.39 is 5.97 Å². The molecule has 2 aliphatic rings. The van der Waals surface area contributed by atoms with Gasteiger partial charge in [0.05, 0.1) is 5.60 Å². The molecule has 1 unspecified atom stereocenters. The number of aliphatic carboxylic acids is 1. The van der Waals surface area contributed by atoms with Crippen molar-refractivity contribution in [3.05, 3.63) is 35.4 Å². The summed E-state index contributed by atoms with van der Waals surface area (Å²) in [5, 5.41) is 14.5. The number of hydrogen-bond donors (Lipinski definition) is 1. The second-order valence-corrected chi connectivity index (χ2v) is 7.94. The minimum absolute atomic E-state index is 0. The van der Waals surface area contributed by atoms with Crippen LogP contribution in [0.5, 0.6) is 0 Å². The molecule has 1 aromatic carbocycles. The van der Waals surface area contributed by atoms with Gasteiger partial charge in [0.1, 0.15) is 0 Å². The van der Waals surface area contributed by atoms with E-state index in [4.69, 9.17) is 4.74 Å². The standard InChI is InChI=1S/C20H29NO3.Na/c1-14(2)9-15-3-5-16(6-4-15)13-21-18-7-8-24-20(12-18)10-17(11-20)19(22)23;/h3-6,14,17-18,21H,7-13H2,1-2H3,(H,22,23);/q;+1/p-1. The fraction of sp³-hybridized carbons (Fsp3) is 0.650. The first-order valence-corrected chi connectivity index (χ1v) is 9.12. The van der Waals surface area contributed by atoms with Crippen LogP contribution in [0.2, 0.25) is 0 Å². The fourth-order valence-corrected chi connectivity index (χ4v) is 4.02. The van der Waals surface area contributed by atoms with Crippen molar-refractivity contribution in [2.45, 2.75) is 64.1 Å².